The van der Waals surface area contributed by atoms with Crippen LogP contribution < -0.4 is 10.6 Å². The van der Waals surface area contributed by atoms with Gasteiger partial charge in [-0.25, -0.2) is 0 Å². The van der Waals surface area contributed by atoms with Crippen LogP contribution in [0.3, 0.4) is 0 Å². The Balaban J connectivity index is 2.01. The zero-order valence-electron chi connectivity index (χ0n) is 12.5. The molecule has 0 spiro atoms. The molecule has 0 radical (unpaired) electrons. The molecule has 110 valence electrons. The topological polar surface area (TPSA) is 50.4 Å². The SMILES string of the molecule is CCNc1ccc(C(=O)NC2CCOC(C)C2)c(C)c1. The molecule has 1 aromatic carbocycles. The first-order valence-electron chi connectivity index (χ1n) is 7.37. The minimum absolute atomic E-state index is 0.0182. The van der Waals surface area contributed by atoms with Crippen LogP contribution in [0.15, 0.2) is 18.2 Å². The second-order valence-electron chi connectivity index (χ2n) is 5.44. The van der Waals surface area contributed by atoms with Crippen molar-refractivity contribution in [2.24, 2.45) is 0 Å². The number of rotatable bonds is 4. The lowest BCUT2D eigenvalue weighted by atomic mass is 10.0. The Morgan fingerprint density at radius 2 is 2.25 bits per heavy atom. The lowest BCUT2D eigenvalue weighted by Crippen LogP contribution is -2.41. The van der Waals surface area contributed by atoms with E-state index >= 15 is 0 Å². The summed E-state index contributed by atoms with van der Waals surface area (Å²) in [6.07, 6.45) is 2.01. The Kier molecular flexibility index (Phi) is 5.01. The number of hydrogen-bond acceptors (Lipinski definition) is 3. The highest BCUT2D eigenvalue weighted by Crippen LogP contribution is 2.17. The molecule has 4 heteroatoms. The number of aryl methyl sites for hydroxylation is 1. The predicted octanol–water partition coefficient (Wildman–Crippen LogP) is 2.72. The van der Waals surface area contributed by atoms with E-state index in [9.17, 15) is 4.79 Å². The number of amides is 1. The number of carbonyl (C=O) groups excluding carboxylic acids is 1. The van der Waals surface area contributed by atoms with E-state index in [2.05, 4.69) is 24.5 Å². The van der Waals surface area contributed by atoms with Gasteiger partial charge in [0.2, 0.25) is 0 Å². The molecule has 4 nitrogen and oxygen atoms in total. The maximum absolute atomic E-state index is 12.3. The molecule has 1 aliphatic rings. The van der Waals surface area contributed by atoms with E-state index in [0.717, 1.165) is 42.8 Å². The summed E-state index contributed by atoms with van der Waals surface area (Å²) in [6, 6.07) is 6.09. The highest BCUT2D eigenvalue weighted by molar-refractivity contribution is 5.96. The van der Waals surface area contributed by atoms with E-state index in [0.29, 0.717) is 0 Å². The van der Waals surface area contributed by atoms with Crippen LogP contribution in [0.5, 0.6) is 0 Å². The molecule has 2 atom stereocenters. The second kappa shape index (κ2) is 6.75. The summed E-state index contributed by atoms with van der Waals surface area (Å²) in [5.41, 5.74) is 2.81. The Morgan fingerprint density at radius 1 is 1.45 bits per heavy atom. The third kappa shape index (κ3) is 3.73. The van der Waals surface area contributed by atoms with Crippen LogP contribution in [0, 0.1) is 6.92 Å². The molecule has 0 saturated carbocycles. The summed E-state index contributed by atoms with van der Waals surface area (Å²) < 4.78 is 5.50. The van der Waals surface area contributed by atoms with Crippen molar-refractivity contribution in [2.45, 2.75) is 45.8 Å². The van der Waals surface area contributed by atoms with Crippen LogP contribution in [0.1, 0.15) is 42.6 Å². The van der Waals surface area contributed by atoms with Gasteiger partial charge in [-0.2, -0.15) is 0 Å². The fraction of sp³-hybridized carbons (Fsp3) is 0.562. The number of carbonyl (C=O) groups is 1. The molecule has 2 unspecified atom stereocenters. The standard InChI is InChI=1S/C16H24N2O2/c1-4-17-13-5-6-15(11(2)9-13)16(19)18-14-7-8-20-12(3)10-14/h5-6,9,12,14,17H,4,7-8,10H2,1-3H3,(H,18,19). The number of nitrogens with one attached hydrogen (secondary N) is 2. The normalized spacial score (nSPS) is 22.4. The van der Waals surface area contributed by atoms with Crippen LogP contribution in [0.4, 0.5) is 5.69 Å². The summed E-state index contributed by atoms with van der Waals surface area (Å²) in [7, 11) is 0. The van der Waals surface area contributed by atoms with Crippen molar-refractivity contribution >= 4 is 11.6 Å². The van der Waals surface area contributed by atoms with Crippen LogP contribution in [-0.4, -0.2) is 31.2 Å². The molecule has 2 N–H and O–H groups in total. The summed E-state index contributed by atoms with van der Waals surface area (Å²) in [6.45, 7) is 7.69. The van der Waals surface area contributed by atoms with Gasteiger partial charge in [0, 0.05) is 30.4 Å². The predicted molar refractivity (Wildman–Crippen MR) is 81.2 cm³/mol. The molecule has 1 aliphatic heterocycles. The van der Waals surface area contributed by atoms with Gasteiger partial charge in [0.1, 0.15) is 0 Å². The van der Waals surface area contributed by atoms with Gasteiger partial charge in [-0.05, 0) is 57.4 Å². The molecule has 1 amide bonds. The quantitative estimate of drug-likeness (QED) is 0.889. The first-order chi connectivity index (χ1) is 9.60. The van der Waals surface area contributed by atoms with E-state index in [1.54, 1.807) is 0 Å². The fourth-order valence-electron chi connectivity index (χ4n) is 2.62. The summed E-state index contributed by atoms with van der Waals surface area (Å²) in [5.74, 6) is 0.0182. The monoisotopic (exact) mass is 276 g/mol. The molecule has 1 aromatic rings. The highest BCUT2D eigenvalue weighted by atomic mass is 16.5. The van der Waals surface area contributed by atoms with Crippen molar-refractivity contribution < 1.29 is 9.53 Å². The van der Waals surface area contributed by atoms with Gasteiger partial charge in [-0.15, -0.1) is 0 Å². The average molecular weight is 276 g/mol. The Hall–Kier alpha value is -1.55. The molecule has 2 rings (SSSR count). The number of anilines is 1. The molecule has 0 aromatic heterocycles. The lowest BCUT2D eigenvalue weighted by molar-refractivity contribution is 0.0136. The van der Waals surface area contributed by atoms with Gasteiger partial charge in [0.25, 0.3) is 5.91 Å². The second-order valence-corrected chi connectivity index (χ2v) is 5.44. The van der Waals surface area contributed by atoms with E-state index in [1.165, 1.54) is 0 Å². The van der Waals surface area contributed by atoms with Crippen molar-refractivity contribution in [1.82, 2.24) is 5.32 Å². The maximum Gasteiger partial charge on any atom is 0.251 e. The average Bonchev–Trinajstić information content (AvgIpc) is 2.39. The molecule has 0 bridgehead atoms. The lowest BCUT2D eigenvalue weighted by Gasteiger charge is -2.28. The first kappa shape index (κ1) is 14.9. The van der Waals surface area contributed by atoms with Crippen molar-refractivity contribution in [3.8, 4) is 0 Å². The molecule has 1 fully saturated rings. The third-order valence-electron chi connectivity index (χ3n) is 3.67. The largest absolute Gasteiger partial charge is 0.385 e. The first-order valence-corrected chi connectivity index (χ1v) is 7.37. The van der Waals surface area contributed by atoms with Crippen LogP contribution in [-0.2, 0) is 4.74 Å². The van der Waals surface area contributed by atoms with Gasteiger partial charge in [-0.1, -0.05) is 0 Å². The maximum atomic E-state index is 12.3. The summed E-state index contributed by atoms with van der Waals surface area (Å²) in [5, 5.41) is 6.37. The van der Waals surface area contributed by atoms with Gasteiger partial charge >= 0.3 is 0 Å². The molecule has 1 heterocycles. The Bertz CT molecular complexity index is 474. The van der Waals surface area contributed by atoms with Crippen molar-refractivity contribution in [2.75, 3.05) is 18.5 Å². The smallest absolute Gasteiger partial charge is 0.251 e. The Morgan fingerprint density at radius 3 is 2.90 bits per heavy atom. The minimum atomic E-state index is 0.0182. The summed E-state index contributed by atoms with van der Waals surface area (Å²) in [4.78, 5) is 12.3. The fourth-order valence-corrected chi connectivity index (χ4v) is 2.62. The number of ether oxygens (including phenoxy) is 1. The highest BCUT2D eigenvalue weighted by Gasteiger charge is 2.21. The molecule has 0 aliphatic carbocycles. The molecular formula is C16H24N2O2. The number of benzene rings is 1. The van der Waals surface area contributed by atoms with E-state index < -0.39 is 0 Å². The van der Waals surface area contributed by atoms with Crippen molar-refractivity contribution in [1.29, 1.82) is 0 Å². The van der Waals surface area contributed by atoms with Gasteiger partial charge in [0.05, 0.1) is 6.10 Å². The van der Waals surface area contributed by atoms with Crippen LogP contribution in [0.25, 0.3) is 0 Å². The van der Waals surface area contributed by atoms with E-state index in [1.807, 2.05) is 25.1 Å². The molecular weight excluding hydrogens is 252 g/mol. The van der Waals surface area contributed by atoms with E-state index in [4.69, 9.17) is 4.74 Å². The van der Waals surface area contributed by atoms with E-state index in [-0.39, 0.29) is 18.1 Å². The van der Waals surface area contributed by atoms with Crippen molar-refractivity contribution in [3.63, 3.8) is 0 Å². The van der Waals surface area contributed by atoms with Gasteiger partial charge in [0.15, 0.2) is 0 Å². The van der Waals surface area contributed by atoms with Gasteiger partial charge in [-0.3, -0.25) is 4.79 Å². The zero-order valence-corrected chi connectivity index (χ0v) is 12.5. The van der Waals surface area contributed by atoms with Crippen LogP contribution >= 0.6 is 0 Å². The van der Waals surface area contributed by atoms with Gasteiger partial charge < -0.3 is 15.4 Å². The van der Waals surface area contributed by atoms with Crippen LogP contribution in [0.2, 0.25) is 0 Å². The third-order valence-corrected chi connectivity index (χ3v) is 3.67. The summed E-state index contributed by atoms with van der Waals surface area (Å²) >= 11 is 0. The number of hydrogen-bond donors (Lipinski definition) is 2. The Labute approximate surface area is 120 Å². The molecule has 1 saturated heterocycles. The minimum Gasteiger partial charge on any atom is -0.385 e. The molecule has 20 heavy (non-hydrogen) atoms. The zero-order chi connectivity index (χ0) is 14.5. The van der Waals surface area contributed by atoms with Crippen molar-refractivity contribution in [3.05, 3.63) is 29.3 Å².